The number of carbonyl (C=O) groups excluding carboxylic acids is 1. The predicted octanol–water partition coefficient (Wildman–Crippen LogP) is 0.657. The quantitative estimate of drug-likeness (QED) is 0.446. The van der Waals surface area contributed by atoms with Gasteiger partial charge in [-0.05, 0) is 18.9 Å². The van der Waals surface area contributed by atoms with E-state index in [-0.39, 0.29) is 11.7 Å². The third-order valence-corrected chi connectivity index (χ3v) is 3.22. The summed E-state index contributed by atoms with van der Waals surface area (Å²) in [5, 5.41) is 17.8. The Labute approximate surface area is 117 Å². The number of carbonyl (C=O) groups is 1. The number of rotatable bonds is 1. The lowest BCUT2D eigenvalue weighted by Crippen LogP contribution is -2.37. The van der Waals surface area contributed by atoms with Gasteiger partial charge >= 0.3 is 0 Å². The van der Waals surface area contributed by atoms with Crippen LogP contribution in [0.15, 0.2) is 29.3 Å². The molecule has 1 aliphatic rings. The predicted molar refractivity (Wildman–Crippen MR) is 76.9 cm³/mol. The van der Waals surface area contributed by atoms with Gasteiger partial charge in [0.25, 0.3) is 5.91 Å². The van der Waals surface area contributed by atoms with E-state index < -0.39 is 5.60 Å². The van der Waals surface area contributed by atoms with E-state index in [2.05, 4.69) is 23.6 Å². The summed E-state index contributed by atoms with van der Waals surface area (Å²) in [6.07, 6.45) is 0.305. The van der Waals surface area contributed by atoms with Crippen molar-refractivity contribution in [2.45, 2.75) is 12.0 Å². The molecule has 5 heteroatoms. The average Bonchev–Trinajstić information content (AvgIpc) is 2.73. The van der Waals surface area contributed by atoms with Gasteiger partial charge in [0.2, 0.25) is 5.60 Å². The number of likely N-dealkylation sites (N-methyl/N-ethyl adjacent to an activating group) is 1. The molecule has 1 aromatic carbocycles. The van der Waals surface area contributed by atoms with Crippen molar-refractivity contribution in [2.24, 2.45) is 4.99 Å². The highest BCUT2D eigenvalue weighted by Gasteiger charge is 2.42. The van der Waals surface area contributed by atoms with Gasteiger partial charge in [0, 0.05) is 31.1 Å². The number of amides is 1. The summed E-state index contributed by atoms with van der Waals surface area (Å²) < 4.78 is 0. The van der Waals surface area contributed by atoms with Crippen molar-refractivity contribution in [1.82, 2.24) is 4.90 Å². The van der Waals surface area contributed by atoms with Crippen LogP contribution in [0, 0.1) is 17.3 Å². The van der Waals surface area contributed by atoms with Gasteiger partial charge in [0.1, 0.15) is 0 Å². The van der Waals surface area contributed by atoms with Crippen molar-refractivity contribution >= 4 is 18.5 Å². The van der Waals surface area contributed by atoms with E-state index in [9.17, 15) is 9.90 Å². The Morgan fingerprint density at radius 2 is 2.35 bits per heavy atom. The molecule has 20 heavy (non-hydrogen) atoms. The van der Waals surface area contributed by atoms with E-state index in [0.29, 0.717) is 24.1 Å². The average molecular weight is 269 g/mol. The highest BCUT2D eigenvalue weighted by atomic mass is 16.3. The monoisotopic (exact) mass is 269 g/mol. The van der Waals surface area contributed by atoms with Crippen molar-refractivity contribution in [1.29, 1.82) is 5.41 Å². The SMILES string of the molecule is C=NC(=N)c1cccc(C#C[C@]2(O)CCN(C)C2=O)c1. The molecule has 2 N–H and O–H groups in total. The largest absolute Gasteiger partial charge is 0.369 e. The first-order chi connectivity index (χ1) is 9.46. The Kier molecular flexibility index (Phi) is 3.68. The lowest BCUT2D eigenvalue weighted by atomic mass is 10.0. The molecule has 0 unspecified atom stereocenters. The number of hydrogen-bond acceptors (Lipinski definition) is 3. The van der Waals surface area contributed by atoms with Gasteiger partial charge < -0.3 is 10.0 Å². The summed E-state index contributed by atoms with van der Waals surface area (Å²) in [5.74, 6) is 5.11. The third kappa shape index (κ3) is 2.60. The van der Waals surface area contributed by atoms with Crippen molar-refractivity contribution in [3.05, 3.63) is 35.4 Å². The van der Waals surface area contributed by atoms with Crippen LogP contribution in [0.1, 0.15) is 17.5 Å². The van der Waals surface area contributed by atoms with Gasteiger partial charge in [0.05, 0.1) is 0 Å². The molecule has 0 spiro atoms. The van der Waals surface area contributed by atoms with Crippen LogP contribution in [-0.2, 0) is 4.79 Å². The van der Waals surface area contributed by atoms with Crippen LogP contribution in [0.4, 0.5) is 0 Å². The highest BCUT2D eigenvalue weighted by Crippen LogP contribution is 2.20. The zero-order valence-corrected chi connectivity index (χ0v) is 11.2. The smallest absolute Gasteiger partial charge is 0.267 e. The lowest BCUT2D eigenvalue weighted by Gasteiger charge is -2.13. The van der Waals surface area contributed by atoms with Gasteiger partial charge in [-0.15, -0.1) is 0 Å². The minimum Gasteiger partial charge on any atom is -0.369 e. The topological polar surface area (TPSA) is 76.8 Å². The molecule has 1 aliphatic heterocycles. The summed E-state index contributed by atoms with van der Waals surface area (Å²) in [4.78, 5) is 16.8. The standard InChI is InChI=1S/C15H15N3O2/c1-17-13(16)12-5-3-4-11(10-12)6-7-15(20)8-9-18(2)14(15)19/h3-5,10,16,20H,1,8-9H2,2H3/t15-/m0/s1. The first-order valence-electron chi connectivity index (χ1n) is 6.13. The Balaban J connectivity index is 2.28. The summed E-state index contributed by atoms with van der Waals surface area (Å²) in [6, 6.07) is 6.90. The maximum atomic E-state index is 11.8. The minimum atomic E-state index is -1.60. The molecule has 1 atom stereocenters. The summed E-state index contributed by atoms with van der Waals surface area (Å²) in [5.41, 5.74) is -0.394. The fraction of sp³-hybridized carbons (Fsp3) is 0.267. The second-order valence-electron chi connectivity index (χ2n) is 4.67. The number of amidine groups is 1. The van der Waals surface area contributed by atoms with Gasteiger partial charge in [0.15, 0.2) is 5.84 Å². The molecular formula is C15H15N3O2. The van der Waals surface area contributed by atoms with Crippen molar-refractivity contribution in [3.8, 4) is 11.8 Å². The van der Waals surface area contributed by atoms with Crippen molar-refractivity contribution < 1.29 is 9.90 Å². The molecule has 0 radical (unpaired) electrons. The number of benzene rings is 1. The first-order valence-corrected chi connectivity index (χ1v) is 6.13. The third-order valence-electron chi connectivity index (χ3n) is 3.22. The lowest BCUT2D eigenvalue weighted by molar-refractivity contribution is -0.137. The second kappa shape index (κ2) is 5.27. The van der Waals surface area contributed by atoms with Gasteiger partial charge in [-0.25, -0.2) is 4.99 Å². The summed E-state index contributed by atoms with van der Waals surface area (Å²) in [7, 11) is 1.64. The van der Waals surface area contributed by atoms with E-state index in [4.69, 9.17) is 5.41 Å². The van der Waals surface area contributed by atoms with Crippen molar-refractivity contribution in [2.75, 3.05) is 13.6 Å². The van der Waals surface area contributed by atoms with Crippen LogP contribution in [0.25, 0.3) is 0 Å². The molecule has 1 aromatic rings. The summed E-state index contributed by atoms with van der Waals surface area (Å²) in [6.45, 7) is 3.80. The van der Waals surface area contributed by atoms with Crippen molar-refractivity contribution in [3.63, 3.8) is 0 Å². The van der Waals surface area contributed by atoms with E-state index in [1.54, 1.807) is 31.3 Å². The van der Waals surface area contributed by atoms with Gasteiger partial charge in [-0.2, -0.15) is 0 Å². The molecule has 1 saturated heterocycles. The zero-order chi connectivity index (χ0) is 14.8. The highest BCUT2D eigenvalue weighted by molar-refractivity contribution is 5.99. The molecule has 1 amide bonds. The number of nitrogens with zero attached hydrogens (tertiary/aromatic N) is 2. The van der Waals surface area contributed by atoms with E-state index in [1.807, 2.05) is 0 Å². The fourth-order valence-electron chi connectivity index (χ4n) is 1.98. The number of nitrogens with one attached hydrogen (secondary N) is 1. The maximum Gasteiger partial charge on any atom is 0.267 e. The van der Waals surface area contributed by atoms with Crippen LogP contribution in [0.2, 0.25) is 0 Å². The van der Waals surface area contributed by atoms with E-state index in [1.165, 1.54) is 4.90 Å². The molecule has 5 nitrogen and oxygen atoms in total. The maximum absolute atomic E-state index is 11.8. The number of aliphatic imine (C=N–C) groups is 1. The normalized spacial score (nSPS) is 21.3. The zero-order valence-electron chi connectivity index (χ0n) is 11.2. The van der Waals surface area contributed by atoms with Crippen LogP contribution >= 0.6 is 0 Å². The van der Waals surface area contributed by atoms with E-state index >= 15 is 0 Å². The molecule has 102 valence electrons. The van der Waals surface area contributed by atoms with Crippen LogP contribution in [-0.4, -0.2) is 47.7 Å². The Morgan fingerprint density at radius 3 is 2.95 bits per heavy atom. The number of aliphatic hydroxyl groups is 1. The molecular weight excluding hydrogens is 254 g/mol. The molecule has 0 aliphatic carbocycles. The molecule has 2 rings (SSSR count). The first kappa shape index (κ1) is 14.0. The van der Waals surface area contributed by atoms with Crippen LogP contribution in [0.5, 0.6) is 0 Å². The fourth-order valence-corrected chi connectivity index (χ4v) is 1.98. The molecule has 0 saturated carbocycles. The Bertz CT molecular complexity index is 642. The van der Waals surface area contributed by atoms with E-state index in [0.717, 1.165) is 0 Å². The molecule has 1 fully saturated rings. The number of hydrogen-bond donors (Lipinski definition) is 2. The minimum absolute atomic E-state index is 0.0593. The number of likely N-dealkylation sites (tertiary alicyclic amines) is 1. The van der Waals surface area contributed by atoms with Gasteiger partial charge in [-0.1, -0.05) is 24.0 Å². The molecule has 0 aromatic heterocycles. The van der Waals surface area contributed by atoms with Crippen LogP contribution < -0.4 is 0 Å². The van der Waals surface area contributed by atoms with Crippen LogP contribution in [0.3, 0.4) is 0 Å². The Hall–Kier alpha value is -2.45. The molecule has 0 bridgehead atoms. The second-order valence-corrected chi connectivity index (χ2v) is 4.67. The molecule has 1 heterocycles. The summed E-state index contributed by atoms with van der Waals surface area (Å²) >= 11 is 0. The van der Waals surface area contributed by atoms with Gasteiger partial charge in [-0.3, -0.25) is 10.2 Å². The Morgan fingerprint density at radius 1 is 1.60 bits per heavy atom.